The highest BCUT2D eigenvalue weighted by Gasteiger charge is 2.46. The number of urea groups is 1. The van der Waals surface area contributed by atoms with Gasteiger partial charge in [-0.25, -0.2) is 4.79 Å². The van der Waals surface area contributed by atoms with Crippen LogP contribution in [-0.4, -0.2) is 52.1 Å². The lowest BCUT2D eigenvalue weighted by Gasteiger charge is -2.16. The van der Waals surface area contributed by atoms with Crippen molar-refractivity contribution in [1.82, 2.24) is 10.2 Å². The molecular formula is C9H14N2O3S. The number of hydrogen-bond acceptors (Lipinski definition) is 3. The van der Waals surface area contributed by atoms with E-state index in [1.54, 1.807) is 23.7 Å². The number of carboxylic acid groups (broad SMARTS) is 1. The minimum absolute atomic E-state index is 0.0365. The van der Waals surface area contributed by atoms with Crippen molar-refractivity contribution in [3.8, 4) is 0 Å². The molecule has 0 bridgehead atoms. The summed E-state index contributed by atoms with van der Waals surface area (Å²) in [4.78, 5) is 23.6. The minimum Gasteiger partial charge on any atom is -0.481 e. The maximum absolute atomic E-state index is 11.4. The predicted molar refractivity (Wildman–Crippen MR) is 57.0 cm³/mol. The fraction of sp³-hybridized carbons (Fsp3) is 0.778. The Kier molecular flexibility index (Phi) is 2.77. The van der Waals surface area contributed by atoms with Crippen LogP contribution in [0.3, 0.4) is 0 Å². The van der Waals surface area contributed by atoms with E-state index < -0.39 is 5.97 Å². The number of hydrogen-bond donors (Lipinski definition) is 2. The van der Waals surface area contributed by atoms with Gasteiger partial charge in [0.2, 0.25) is 0 Å². The summed E-state index contributed by atoms with van der Waals surface area (Å²) in [6, 6.07) is 0.332. The van der Waals surface area contributed by atoms with Crippen molar-refractivity contribution in [2.45, 2.75) is 30.2 Å². The van der Waals surface area contributed by atoms with Gasteiger partial charge in [-0.1, -0.05) is 0 Å². The first kappa shape index (κ1) is 10.6. The number of aliphatic carboxylic acids is 1. The highest BCUT2D eigenvalue weighted by atomic mass is 32.2. The summed E-state index contributed by atoms with van der Waals surface area (Å²) in [5.41, 5.74) is 0. The van der Waals surface area contributed by atoms with Crippen LogP contribution in [-0.2, 0) is 4.79 Å². The van der Waals surface area contributed by atoms with Gasteiger partial charge in [0.1, 0.15) is 0 Å². The van der Waals surface area contributed by atoms with Gasteiger partial charge in [0.25, 0.3) is 0 Å². The fourth-order valence-electron chi connectivity index (χ4n) is 2.14. The molecule has 0 radical (unpaired) electrons. The van der Waals surface area contributed by atoms with E-state index in [0.29, 0.717) is 6.42 Å². The number of fused-ring (bicyclic) bond motifs is 1. The third kappa shape index (κ3) is 1.90. The summed E-state index contributed by atoms with van der Waals surface area (Å²) >= 11 is 1.76. The SMILES string of the molecule is CN1C(=O)NC2C(CCC(=O)O)SCC21. The standard InChI is InChI=1S/C9H14N2O3S/c1-11-5-4-15-6(2-3-7(12)13)8(5)10-9(11)14/h5-6,8H,2-4H2,1H3,(H,10,14)(H,12,13). The molecule has 0 aromatic heterocycles. The van der Waals surface area contributed by atoms with E-state index in [9.17, 15) is 9.59 Å². The lowest BCUT2D eigenvalue weighted by atomic mass is 10.0. The van der Waals surface area contributed by atoms with E-state index in [1.807, 2.05) is 0 Å². The number of rotatable bonds is 3. The molecule has 0 aliphatic carbocycles. The van der Waals surface area contributed by atoms with Crippen molar-refractivity contribution < 1.29 is 14.7 Å². The highest BCUT2D eigenvalue weighted by molar-refractivity contribution is 8.00. The zero-order chi connectivity index (χ0) is 11.0. The van der Waals surface area contributed by atoms with Gasteiger partial charge in [-0.05, 0) is 6.42 Å². The van der Waals surface area contributed by atoms with Crippen LogP contribution in [0.2, 0.25) is 0 Å². The van der Waals surface area contributed by atoms with Crippen LogP contribution < -0.4 is 5.32 Å². The van der Waals surface area contributed by atoms with Crippen molar-refractivity contribution in [3.05, 3.63) is 0 Å². The third-order valence-corrected chi connectivity index (χ3v) is 4.54. The molecule has 3 atom stereocenters. The van der Waals surface area contributed by atoms with Gasteiger partial charge in [-0.2, -0.15) is 11.8 Å². The van der Waals surface area contributed by atoms with E-state index in [2.05, 4.69) is 5.32 Å². The second kappa shape index (κ2) is 3.92. The van der Waals surface area contributed by atoms with Gasteiger partial charge >= 0.3 is 12.0 Å². The molecule has 6 heteroatoms. The van der Waals surface area contributed by atoms with Crippen LogP contribution in [0.5, 0.6) is 0 Å². The predicted octanol–water partition coefficient (Wildman–Crippen LogP) is 0.359. The molecule has 2 aliphatic rings. The van der Waals surface area contributed by atoms with E-state index in [-0.39, 0.29) is 29.8 Å². The minimum atomic E-state index is -0.767. The Bertz CT molecular complexity index is 297. The molecule has 84 valence electrons. The van der Waals surface area contributed by atoms with Gasteiger partial charge in [-0.15, -0.1) is 0 Å². The smallest absolute Gasteiger partial charge is 0.317 e. The quantitative estimate of drug-likeness (QED) is 0.687. The van der Waals surface area contributed by atoms with Crippen molar-refractivity contribution in [2.75, 3.05) is 12.8 Å². The monoisotopic (exact) mass is 230 g/mol. The number of carboxylic acids is 1. The maximum atomic E-state index is 11.4. The zero-order valence-corrected chi connectivity index (χ0v) is 9.29. The Morgan fingerprint density at radius 1 is 1.73 bits per heavy atom. The van der Waals surface area contributed by atoms with Gasteiger partial charge in [-0.3, -0.25) is 4.79 Å². The first-order chi connectivity index (χ1) is 7.09. The van der Waals surface area contributed by atoms with Crippen molar-refractivity contribution in [1.29, 1.82) is 0 Å². The first-order valence-corrected chi connectivity index (χ1v) is 6.01. The lowest BCUT2D eigenvalue weighted by molar-refractivity contribution is -0.137. The summed E-state index contributed by atoms with van der Waals surface area (Å²) < 4.78 is 0. The number of nitrogens with one attached hydrogen (secondary N) is 1. The summed E-state index contributed by atoms with van der Waals surface area (Å²) in [5.74, 6) is 0.140. The number of carbonyl (C=O) groups excluding carboxylic acids is 1. The molecule has 0 spiro atoms. The zero-order valence-electron chi connectivity index (χ0n) is 8.47. The van der Waals surface area contributed by atoms with Crippen LogP contribution in [0.15, 0.2) is 0 Å². The van der Waals surface area contributed by atoms with Gasteiger partial charge in [0.05, 0.1) is 12.1 Å². The molecule has 0 aromatic carbocycles. The molecule has 2 saturated heterocycles. The van der Waals surface area contributed by atoms with Gasteiger partial charge in [0, 0.05) is 24.5 Å². The van der Waals surface area contributed by atoms with Crippen molar-refractivity contribution >= 4 is 23.8 Å². The molecular weight excluding hydrogens is 216 g/mol. The first-order valence-electron chi connectivity index (χ1n) is 4.96. The van der Waals surface area contributed by atoms with Crippen LogP contribution in [0.1, 0.15) is 12.8 Å². The molecule has 2 N–H and O–H groups in total. The highest BCUT2D eigenvalue weighted by Crippen LogP contribution is 2.35. The van der Waals surface area contributed by atoms with Crippen molar-refractivity contribution in [2.24, 2.45) is 0 Å². The van der Waals surface area contributed by atoms with E-state index in [4.69, 9.17) is 5.11 Å². The van der Waals surface area contributed by atoms with Crippen LogP contribution in [0.4, 0.5) is 4.79 Å². The molecule has 2 amide bonds. The molecule has 2 fully saturated rings. The molecule has 5 nitrogen and oxygen atoms in total. The van der Waals surface area contributed by atoms with E-state index in [1.165, 1.54) is 0 Å². The third-order valence-electron chi connectivity index (χ3n) is 3.05. The molecule has 0 saturated carbocycles. The topological polar surface area (TPSA) is 69.6 Å². The molecule has 2 heterocycles. The molecule has 2 rings (SSSR count). The van der Waals surface area contributed by atoms with E-state index >= 15 is 0 Å². The summed E-state index contributed by atoms with van der Waals surface area (Å²) in [6.45, 7) is 0. The van der Waals surface area contributed by atoms with Crippen LogP contribution >= 0.6 is 11.8 Å². The average Bonchev–Trinajstić information content (AvgIpc) is 2.67. The molecule has 3 unspecified atom stereocenters. The lowest BCUT2D eigenvalue weighted by Crippen LogP contribution is -2.37. The normalized spacial score (nSPS) is 34.1. The largest absolute Gasteiger partial charge is 0.481 e. The number of amides is 2. The number of thioether (sulfide) groups is 1. The Morgan fingerprint density at radius 3 is 3.13 bits per heavy atom. The second-order valence-corrected chi connectivity index (χ2v) is 5.23. The molecule has 2 aliphatic heterocycles. The number of likely N-dealkylation sites (N-methyl/N-ethyl adjacent to an activating group) is 1. The number of carbonyl (C=O) groups is 2. The Hall–Kier alpha value is -0.910. The molecule has 0 aromatic rings. The van der Waals surface area contributed by atoms with Crippen molar-refractivity contribution in [3.63, 3.8) is 0 Å². The van der Waals surface area contributed by atoms with Gasteiger partial charge in [0.15, 0.2) is 0 Å². The summed E-state index contributed by atoms with van der Waals surface area (Å²) in [5, 5.41) is 11.8. The summed E-state index contributed by atoms with van der Waals surface area (Å²) in [6.07, 6.45) is 0.815. The molecule has 15 heavy (non-hydrogen) atoms. The Balaban J connectivity index is 1.94. The summed E-state index contributed by atoms with van der Waals surface area (Å²) in [7, 11) is 1.79. The Morgan fingerprint density at radius 2 is 2.47 bits per heavy atom. The van der Waals surface area contributed by atoms with Crippen LogP contribution in [0, 0.1) is 0 Å². The average molecular weight is 230 g/mol. The maximum Gasteiger partial charge on any atom is 0.317 e. The van der Waals surface area contributed by atoms with E-state index in [0.717, 1.165) is 5.75 Å². The fourth-order valence-corrected chi connectivity index (χ4v) is 3.76. The Labute approximate surface area is 92.2 Å². The number of nitrogens with zero attached hydrogens (tertiary/aromatic N) is 1. The van der Waals surface area contributed by atoms with Crippen LogP contribution in [0.25, 0.3) is 0 Å². The van der Waals surface area contributed by atoms with Gasteiger partial charge < -0.3 is 15.3 Å². The second-order valence-electron chi connectivity index (χ2n) is 3.96.